The van der Waals surface area contributed by atoms with Gasteiger partial charge in [0, 0.05) is 5.92 Å². The molecular formula is C7H10O3. The topological polar surface area (TPSA) is 43.4 Å². The number of methoxy groups -OCH3 is 1. The van der Waals surface area contributed by atoms with E-state index in [9.17, 15) is 9.59 Å². The minimum Gasteiger partial charge on any atom is -0.469 e. The lowest BCUT2D eigenvalue weighted by Crippen LogP contribution is -2.16. The summed E-state index contributed by atoms with van der Waals surface area (Å²) in [6, 6.07) is 0. The van der Waals surface area contributed by atoms with E-state index in [1.807, 2.05) is 0 Å². The first-order valence-electron chi connectivity index (χ1n) is 3.19. The monoisotopic (exact) mass is 142 g/mol. The second-order valence-electron chi connectivity index (χ2n) is 2.86. The van der Waals surface area contributed by atoms with E-state index in [0.29, 0.717) is 6.42 Å². The zero-order valence-electron chi connectivity index (χ0n) is 6.09. The predicted molar refractivity (Wildman–Crippen MR) is 34.3 cm³/mol. The number of hydrogen-bond donors (Lipinski definition) is 0. The fraction of sp³-hybridized carbons (Fsp3) is 0.714. The molecule has 0 aromatic rings. The van der Waals surface area contributed by atoms with Crippen molar-refractivity contribution in [2.45, 2.75) is 13.3 Å². The summed E-state index contributed by atoms with van der Waals surface area (Å²) in [5, 5.41) is 0. The van der Waals surface area contributed by atoms with Crippen LogP contribution in [-0.2, 0) is 14.3 Å². The lowest BCUT2D eigenvalue weighted by Gasteiger charge is -2.03. The van der Waals surface area contributed by atoms with E-state index in [1.165, 1.54) is 7.11 Å². The van der Waals surface area contributed by atoms with Gasteiger partial charge in [-0.05, 0) is 13.3 Å². The van der Waals surface area contributed by atoms with Crippen LogP contribution in [0.3, 0.4) is 0 Å². The highest BCUT2D eigenvalue weighted by atomic mass is 16.5. The highest BCUT2D eigenvalue weighted by Gasteiger charge is 2.57. The first kappa shape index (κ1) is 7.25. The third-order valence-electron chi connectivity index (χ3n) is 2.12. The van der Waals surface area contributed by atoms with Gasteiger partial charge in [-0.15, -0.1) is 0 Å². The van der Waals surface area contributed by atoms with Crippen LogP contribution >= 0.6 is 0 Å². The van der Waals surface area contributed by atoms with Gasteiger partial charge < -0.3 is 9.53 Å². The second kappa shape index (κ2) is 2.08. The predicted octanol–water partition coefficient (Wildman–Crippen LogP) is 0.384. The van der Waals surface area contributed by atoms with Crippen LogP contribution in [0.1, 0.15) is 13.3 Å². The molecule has 0 aromatic heterocycles. The number of aldehydes is 1. The molecule has 3 nitrogen and oxygen atoms in total. The van der Waals surface area contributed by atoms with E-state index >= 15 is 0 Å². The third kappa shape index (κ3) is 0.818. The van der Waals surface area contributed by atoms with Gasteiger partial charge in [0.2, 0.25) is 0 Å². The molecule has 1 aliphatic carbocycles. The van der Waals surface area contributed by atoms with Crippen LogP contribution in [0.5, 0.6) is 0 Å². The number of esters is 1. The molecule has 0 heterocycles. The van der Waals surface area contributed by atoms with Crippen LogP contribution in [0.2, 0.25) is 0 Å². The van der Waals surface area contributed by atoms with Gasteiger partial charge in [-0.25, -0.2) is 0 Å². The lowest BCUT2D eigenvalue weighted by atomic mass is 10.1. The van der Waals surface area contributed by atoms with Gasteiger partial charge in [-0.2, -0.15) is 0 Å². The Morgan fingerprint density at radius 3 is 2.70 bits per heavy atom. The third-order valence-corrected chi connectivity index (χ3v) is 2.12. The van der Waals surface area contributed by atoms with Crippen LogP contribution in [0.25, 0.3) is 0 Å². The Balaban J connectivity index is 2.58. The average molecular weight is 142 g/mol. The molecule has 1 rings (SSSR count). The fourth-order valence-electron chi connectivity index (χ4n) is 1.06. The van der Waals surface area contributed by atoms with Gasteiger partial charge in [-0.1, -0.05) is 0 Å². The Morgan fingerprint density at radius 1 is 1.80 bits per heavy atom. The minimum atomic E-state index is -0.503. The van der Waals surface area contributed by atoms with Gasteiger partial charge in [0.25, 0.3) is 0 Å². The molecule has 1 fully saturated rings. The quantitative estimate of drug-likeness (QED) is 0.413. The maximum absolute atomic E-state index is 10.9. The van der Waals surface area contributed by atoms with Crippen molar-refractivity contribution in [3.8, 4) is 0 Å². The van der Waals surface area contributed by atoms with E-state index in [-0.39, 0.29) is 11.9 Å². The first-order valence-corrected chi connectivity index (χ1v) is 3.19. The Labute approximate surface area is 59.4 Å². The highest BCUT2D eigenvalue weighted by Crippen LogP contribution is 2.51. The summed E-state index contributed by atoms with van der Waals surface area (Å²) >= 11 is 0. The minimum absolute atomic E-state index is 0.111. The smallest absolute Gasteiger partial charge is 0.312 e. The van der Waals surface area contributed by atoms with Gasteiger partial charge >= 0.3 is 5.97 Å². The summed E-state index contributed by atoms with van der Waals surface area (Å²) in [6.45, 7) is 1.75. The van der Waals surface area contributed by atoms with Crippen LogP contribution in [0.4, 0.5) is 0 Å². The van der Waals surface area contributed by atoms with Gasteiger partial charge in [-0.3, -0.25) is 4.79 Å². The molecule has 10 heavy (non-hydrogen) atoms. The maximum Gasteiger partial charge on any atom is 0.312 e. The molecule has 2 atom stereocenters. The number of hydrogen-bond acceptors (Lipinski definition) is 3. The average Bonchev–Trinajstić information content (AvgIpc) is 2.61. The number of carbonyl (C=O) groups excluding carboxylic acids is 2. The molecule has 0 saturated heterocycles. The Bertz CT molecular complexity index is 176. The summed E-state index contributed by atoms with van der Waals surface area (Å²) in [5.41, 5.74) is -0.503. The molecular weight excluding hydrogens is 132 g/mol. The molecule has 3 heteroatoms. The van der Waals surface area contributed by atoms with Crippen molar-refractivity contribution in [2.75, 3.05) is 7.11 Å². The summed E-state index contributed by atoms with van der Waals surface area (Å²) < 4.78 is 4.51. The van der Waals surface area contributed by atoms with E-state index in [2.05, 4.69) is 4.74 Å². The number of carbonyl (C=O) groups is 2. The number of ether oxygens (including phenoxy) is 1. The van der Waals surface area contributed by atoms with E-state index in [0.717, 1.165) is 6.29 Å². The van der Waals surface area contributed by atoms with Gasteiger partial charge in [0.1, 0.15) is 6.29 Å². The Kier molecular flexibility index (Phi) is 1.50. The van der Waals surface area contributed by atoms with E-state index < -0.39 is 5.41 Å². The standard InChI is InChI=1S/C7H10O3/c1-7(6(9)10-2)3-5(7)4-8/h4-5H,3H2,1-2H3/t5-,7-/m0/s1. The molecule has 0 spiro atoms. The van der Waals surface area contributed by atoms with Crippen molar-refractivity contribution in [3.63, 3.8) is 0 Å². The van der Waals surface area contributed by atoms with Crippen LogP contribution in [-0.4, -0.2) is 19.4 Å². The molecule has 1 aliphatic rings. The van der Waals surface area contributed by atoms with Crippen molar-refractivity contribution in [2.24, 2.45) is 11.3 Å². The largest absolute Gasteiger partial charge is 0.469 e. The van der Waals surface area contributed by atoms with E-state index in [1.54, 1.807) is 6.92 Å². The zero-order valence-corrected chi connectivity index (χ0v) is 6.09. The molecule has 0 bridgehead atoms. The summed E-state index contributed by atoms with van der Waals surface area (Å²) in [7, 11) is 1.34. The summed E-state index contributed by atoms with van der Waals surface area (Å²) in [6.07, 6.45) is 1.46. The summed E-state index contributed by atoms with van der Waals surface area (Å²) in [5.74, 6) is -0.385. The molecule has 1 saturated carbocycles. The van der Waals surface area contributed by atoms with Crippen molar-refractivity contribution in [3.05, 3.63) is 0 Å². The molecule has 0 unspecified atom stereocenters. The number of rotatable bonds is 2. The van der Waals surface area contributed by atoms with Crippen molar-refractivity contribution in [1.29, 1.82) is 0 Å². The highest BCUT2D eigenvalue weighted by molar-refractivity contribution is 5.85. The Hall–Kier alpha value is -0.860. The van der Waals surface area contributed by atoms with Crippen LogP contribution in [0.15, 0.2) is 0 Å². The molecule has 0 aliphatic heterocycles. The molecule has 56 valence electrons. The van der Waals surface area contributed by atoms with Crippen molar-refractivity contribution < 1.29 is 14.3 Å². The van der Waals surface area contributed by atoms with Crippen LogP contribution < -0.4 is 0 Å². The van der Waals surface area contributed by atoms with Gasteiger partial charge in [0.05, 0.1) is 12.5 Å². The van der Waals surface area contributed by atoms with Crippen molar-refractivity contribution >= 4 is 12.3 Å². The molecule has 0 aromatic carbocycles. The normalized spacial score (nSPS) is 36.8. The fourth-order valence-corrected chi connectivity index (χ4v) is 1.06. The maximum atomic E-state index is 10.9. The first-order chi connectivity index (χ1) is 4.65. The molecule has 0 N–H and O–H groups in total. The van der Waals surface area contributed by atoms with Crippen molar-refractivity contribution in [1.82, 2.24) is 0 Å². The van der Waals surface area contributed by atoms with Crippen LogP contribution in [0, 0.1) is 11.3 Å². The zero-order chi connectivity index (χ0) is 7.78. The molecule has 0 radical (unpaired) electrons. The molecule has 0 amide bonds. The SMILES string of the molecule is COC(=O)[C@@]1(C)C[C@H]1C=O. The van der Waals surface area contributed by atoms with Gasteiger partial charge in [0.15, 0.2) is 0 Å². The van der Waals surface area contributed by atoms with E-state index in [4.69, 9.17) is 0 Å². The second-order valence-corrected chi connectivity index (χ2v) is 2.86. The summed E-state index contributed by atoms with van der Waals surface area (Å²) in [4.78, 5) is 21.1. The Morgan fingerprint density at radius 2 is 2.40 bits per heavy atom. The lowest BCUT2D eigenvalue weighted by molar-refractivity contribution is -0.147.